The number of rotatable bonds is 5. The third-order valence-electron chi connectivity index (χ3n) is 4.95. The van der Waals surface area contributed by atoms with Crippen molar-refractivity contribution in [2.45, 2.75) is 19.4 Å². The van der Waals surface area contributed by atoms with Crippen LogP contribution in [0.5, 0.6) is 0 Å². The maximum absolute atomic E-state index is 12.5. The van der Waals surface area contributed by atoms with E-state index in [-0.39, 0.29) is 11.8 Å². The van der Waals surface area contributed by atoms with Crippen LogP contribution in [0.2, 0.25) is 5.02 Å². The molecular formula is C21H21ClN4O2. The highest BCUT2D eigenvalue weighted by Crippen LogP contribution is 2.26. The van der Waals surface area contributed by atoms with Gasteiger partial charge in [0.1, 0.15) is 0 Å². The fourth-order valence-electron chi connectivity index (χ4n) is 3.31. The number of aromatic nitrogens is 2. The van der Waals surface area contributed by atoms with Crippen molar-refractivity contribution in [1.29, 1.82) is 0 Å². The van der Waals surface area contributed by atoms with E-state index < -0.39 is 0 Å². The summed E-state index contributed by atoms with van der Waals surface area (Å²) in [7, 11) is 0. The van der Waals surface area contributed by atoms with Crippen LogP contribution in [0.15, 0.2) is 59.0 Å². The van der Waals surface area contributed by atoms with E-state index in [1.54, 1.807) is 0 Å². The summed E-state index contributed by atoms with van der Waals surface area (Å²) in [6.07, 6.45) is 1.52. The molecule has 1 aliphatic rings. The van der Waals surface area contributed by atoms with Crippen LogP contribution in [-0.2, 0) is 11.3 Å². The maximum atomic E-state index is 12.5. The summed E-state index contributed by atoms with van der Waals surface area (Å²) in [5.41, 5.74) is 1.94. The van der Waals surface area contributed by atoms with Crippen LogP contribution in [0, 0.1) is 5.92 Å². The number of nitrogens with one attached hydrogen (secondary N) is 1. The van der Waals surface area contributed by atoms with Crippen LogP contribution in [-0.4, -0.2) is 29.2 Å². The molecule has 0 saturated carbocycles. The number of anilines is 1. The number of halogens is 1. The smallest absolute Gasteiger partial charge is 0.318 e. The standard InChI is InChI=1S/C21H21ClN4O2/c22-18-8-6-15(7-9-18)14-23-19(27)16-10-12-26(13-11-16)21-25-24-20(28-21)17-4-2-1-3-5-17/h1-9,16H,10-14H2,(H,23,27). The molecule has 0 spiro atoms. The molecule has 6 nitrogen and oxygen atoms in total. The SMILES string of the molecule is O=C(NCc1ccc(Cl)cc1)C1CCN(c2nnc(-c3ccccc3)o2)CC1. The molecule has 0 atom stereocenters. The van der Waals surface area contributed by atoms with Crippen LogP contribution in [0.25, 0.3) is 11.5 Å². The van der Waals surface area contributed by atoms with Gasteiger partial charge in [0, 0.05) is 36.1 Å². The molecule has 28 heavy (non-hydrogen) atoms. The second-order valence-corrected chi connectivity index (χ2v) is 7.30. The predicted octanol–water partition coefficient (Wildman–Crippen LogP) is 3.92. The largest absolute Gasteiger partial charge is 0.403 e. The molecule has 2 aromatic carbocycles. The summed E-state index contributed by atoms with van der Waals surface area (Å²) in [6, 6.07) is 17.7. The number of nitrogens with zero attached hydrogens (tertiary/aromatic N) is 3. The van der Waals surface area contributed by atoms with Crippen LogP contribution in [0.1, 0.15) is 18.4 Å². The van der Waals surface area contributed by atoms with Crippen molar-refractivity contribution in [1.82, 2.24) is 15.5 Å². The van der Waals surface area contributed by atoms with Gasteiger partial charge in [0.25, 0.3) is 0 Å². The number of hydrogen-bond acceptors (Lipinski definition) is 5. The van der Waals surface area contributed by atoms with Crippen molar-refractivity contribution < 1.29 is 9.21 Å². The zero-order chi connectivity index (χ0) is 19.3. The van der Waals surface area contributed by atoms with E-state index in [1.165, 1.54) is 0 Å². The second kappa shape index (κ2) is 8.44. The number of piperidine rings is 1. The second-order valence-electron chi connectivity index (χ2n) is 6.86. The third kappa shape index (κ3) is 4.34. The average molecular weight is 397 g/mol. The Morgan fingerprint density at radius 3 is 2.50 bits per heavy atom. The van der Waals surface area contributed by atoms with E-state index in [9.17, 15) is 4.79 Å². The lowest BCUT2D eigenvalue weighted by Crippen LogP contribution is -2.40. The van der Waals surface area contributed by atoms with E-state index >= 15 is 0 Å². The molecule has 1 saturated heterocycles. The first kappa shape index (κ1) is 18.5. The number of carbonyl (C=O) groups is 1. The molecule has 2 heterocycles. The van der Waals surface area contributed by atoms with Gasteiger partial charge in [-0.2, -0.15) is 0 Å². The van der Waals surface area contributed by atoms with Crippen LogP contribution >= 0.6 is 11.6 Å². The Morgan fingerprint density at radius 2 is 1.79 bits per heavy atom. The molecule has 1 amide bonds. The van der Waals surface area contributed by atoms with E-state index in [0.29, 0.717) is 23.5 Å². The van der Waals surface area contributed by atoms with E-state index in [2.05, 4.69) is 15.5 Å². The highest BCUT2D eigenvalue weighted by molar-refractivity contribution is 6.30. The minimum Gasteiger partial charge on any atom is -0.403 e. The van der Waals surface area contributed by atoms with Crippen molar-refractivity contribution in [2.24, 2.45) is 5.92 Å². The Kier molecular flexibility index (Phi) is 5.58. The fourth-order valence-corrected chi connectivity index (χ4v) is 3.44. The van der Waals surface area contributed by atoms with Gasteiger partial charge in [0.15, 0.2) is 0 Å². The van der Waals surface area contributed by atoms with Gasteiger partial charge in [-0.25, -0.2) is 0 Å². The molecule has 1 aliphatic heterocycles. The zero-order valence-corrected chi connectivity index (χ0v) is 16.1. The number of hydrogen-bond donors (Lipinski definition) is 1. The molecule has 1 N–H and O–H groups in total. The fraction of sp³-hybridized carbons (Fsp3) is 0.286. The van der Waals surface area contributed by atoms with E-state index in [0.717, 1.165) is 37.1 Å². The first-order valence-corrected chi connectivity index (χ1v) is 9.73. The lowest BCUT2D eigenvalue weighted by molar-refractivity contribution is -0.125. The number of amides is 1. The van der Waals surface area contributed by atoms with Crippen molar-refractivity contribution in [3.63, 3.8) is 0 Å². The molecule has 1 fully saturated rings. The lowest BCUT2D eigenvalue weighted by Gasteiger charge is -2.29. The molecular weight excluding hydrogens is 376 g/mol. The Hall–Kier alpha value is -2.86. The van der Waals surface area contributed by atoms with Gasteiger partial charge in [-0.1, -0.05) is 47.0 Å². The highest BCUT2D eigenvalue weighted by Gasteiger charge is 2.27. The normalized spacial score (nSPS) is 14.8. The molecule has 7 heteroatoms. The van der Waals surface area contributed by atoms with Gasteiger partial charge in [-0.05, 0) is 42.7 Å². The first-order valence-electron chi connectivity index (χ1n) is 9.35. The predicted molar refractivity (Wildman–Crippen MR) is 108 cm³/mol. The molecule has 3 aromatic rings. The Bertz CT molecular complexity index is 919. The quantitative estimate of drug-likeness (QED) is 0.707. The summed E-state index contributed by atoms with van der Waals surface area (Å²) in [5.74, 6) is 0.601. The number of carbonyl (C=O) groups excluding carboxylic acids is 1. The van der Waals surface area contributed by atoms with Crippen molar-refractivity contribution in [2.75, 3.05) is 18.0 Å². The van der Waals surface area contributed by atoms with Crippen molar-refractivity contribution >= 4 is 23.5 Å². The third-order valence-corrected chi connectivity index (χ3v) is 5.20. The van der Waals surface area contributed by atoms with Crippen LogP contribution < -0.4 is 10.2 Å². The molecule has 144 valence electrons. The van der Waals surface area contributed by atoms with Gasteiger partial charge < -0.3 is 14.6 Å². The van der Waals surface area contributed by atoms with Gasteiger partial charge in [-0.15, -0.1) is 5.10 Å². The molecule has 4 rings (SSSR count). The summed E-state index contributed by atoms with van der Waals surface area (Å²) < 4.78 is 5.81. The summed E-state index contributed by atoms with van der Waals surface area (Å²) in [6.45, 7) is 1.95. The monoisotopic (exact) mass is 396 g/mol. The van der Waals surface area contributed by atoms with E-state index in [1.807, 2.05) is 59.5 Å². The minimum absolute atomic E-state index is 0.0000605. The van der Waals surface area contributed by atoms with Gasteiger partial charge in [0.05, 0.1) is 0 Å². The highest BCUT2D eigenvalue weighted by atomic mass is 35.5. The van der Waals surface area contributed by atoms with Crippen LogP contribution in [0.3, 0.4) is 0 Å². The molecule has 0 bridgehead atoms. The molecule has 0 unspecified atom stereocenters. The first-order chi connectivity index (χ1) is 13.7. The maximum Gasteiger partial charge on any atom is 0.318 e. The molecule has 1 aromatic heterocycles. The summed E-state index contributed by atoms with van der Waals surface area (Å²) in [5, 5.41) is 12.0. The van der Waals surface area contributed by atoms with Gasteiger partial charge in [-0.3, -0.25) is 4.79 Å². The van der Waals surface area contributed by atoms with Crippen molar-refractivity contribution in [3.8, 4) is 11.5 Å². The van der Waals surface area contributed by atoms with Gasteiger partial charge >= 0.3 is 6.01 Å². The number of benzene rings is 2. The summed E-state index contributed by atoms with van der Waals surface area (Å²) in [4.78, 5) is 14.5. The summed E-state index contributed by atoms with van der Waals surface area (Å²) >= 11 is 5.89. The van der Waals surface area contributed by atoms with Crippen molar-refractivity contribution in [3.05, 3.63) is 65.2 Å². The lowest BCUT2D eigenvalue weighted by atomic mass is 9.96. The zero-order valence-electron chi connectivity index (χ0n) is 15.3. The minimum atomic E-state index is 0.0000605. The topological polar surface area (TPSA) is 71.3 Å². The van der Waals surface area contributed by atoms with E-state index in [4.69, 9.17) is 16.0 Å². The Balaban J connectivity index is 1.29. The average Bonchev–Trinajstić information content (AvgIpc) is 3.24. The van der Waals surface area contributed by atoms with Crippen LogP contribution in [0.4, 0.5) is 6.01 Å². The molecule has 0 aliphatic carbocycles. The Morgan fingerprint density at radius 1 is 1.07 bits per heavy atom. The van der Waals surface area contributed by atoms with Gasteiger partial charge in [0.2, 0.25) is 11.8 Å². The molecule has 0 radical (unpaired) electrons. The Labute approximate surface area is 168 Å².